The second-order valence-corrected chi connectivity index (χ2v) is 5.51. The van der Waals surface area contributed by atoms with Crippen LogP contribution >= 0.6 is 0 Å². The molecule has 2 rings (SSSR count). The van der Waals surface area contributed by atoms with E-state index in [0.717, 1.165) is 32.7 Å². The van der Waals surface area contributed by atoms with Crippen molar-refractivity contribution in [2.45, 2.75) is 13.8 Å². The van der Waals surface area contributed by atoms with Gasteiger partial charge in [0.25, 0.3) is 0 Å². The molecule has 0 aliphatic carbocycles. The fourth-order valence-electron chi connectivity index (χ4n) is 3.02. The summed E-state index contributed by atoms with van der Waals surface area (Å²) in [6.07, 6.45) is 1.82. The summed E-state index contributed by atoms with van der Waals surface area (Å²) < 4.78 is 0. The zero-order valence-corrected chi connectivity index (χ0v) is 10.4. The minimum absolute atomic E-state index is 0.263. The summed E-state index contributed by atoms with van der Waals surface area (Å²) in [4.78, 5) is 16.5. The first-order chi connectivity index (χ1) is 7.61. The van der Waals surface area contributed by atoms with Gasteiger partial charge in [0, 0.05) is 38.6 Å². The maximum Gasteiger partial charge on any atom is 0.227 e. The molecule has 2 fully saturated rings. The van der Waals surface area contributed by atoms with Crippen LogP contribution in [-0.4, -0.2) is 48.4 Å². The van der Waals surface area contributed by atoms with Crippen molar-refractivity contribution in [1.29, 1.82) is 0 Å². The van der Waals surface area contributed by atoms with Crippen molar-refractivity contribution in [2.75, 3.05) is 32.7 Å². The Bertz CT molecular complexity index is 288. The van der Waals surface area contributed by atoms with Crippen LogP contribution in [0.2, 0.25) is 0 Å². The van der Waals surface area contributed by atoms with Crippen molar-refractivity contribution < 1.29 is 4.79 Å². The number of hydrogen-bond acceptors (Lipinski definition) is 2. The summed E-state index contributed by atoms with van der Waals surface area (Å²) in [5.41, 5.74) is 0. The number of hydrogen-bond donors (Lipinski definition) is 0. The minimum Gasteiger partial charge on any atom is -0.338 e. The highest BCUT2D eigenvalue weighted by molar-refractivity contribution is 5.82. The minimum atomic E-state index is 0.263. The van der Waals surface area contributed by atoms with E-state index < -0.39 is 0 Å². The standard InChI is InChI=1S/C13H22N2O/c1-4-5-15-8-11-7-14(6-10(2)3)9-12(11)13(15)16/h4,10-12H,1,5-9H2,2-3H3/t11-,12-/m1/s1. The smallest absolute Gasteiger partial charge is 0.227 e. The van der Waals surface area contributed by atoms with Crippen LogP contribution in [0.5, 0.6) is 0 Å². The highest BCUT2D eigenvalue weighted by Gasteiger charge is 2.45. The lowest BCUT2D eigenvalue weighted by atomic mass is 10.0. The van der Waals surface area contributed by atoms with Gasteiger partial charge in [-0.1, -0.05) is 19.9 Å². The Kier molecular flexibility index (Phi) is 3.33. The molecule has 16 heavy (non-hydrogen) atoms. The number of likely N-dealkylation sites (tertiary alicyclic amines) is 2. The third-order valence-electron chi connectivity index (χ3n) is 3.57. The average molecular weight is 222 g/mol. The van der Waals surface area contributed by atoms with Gasteiger partial charge in [-0.2, -0.15) is 0 Å². The number of fused-ring (bicyclic) bond motifs is 1. The van der Waals surface area contributed by atoms with E-state index in [-0.39, 0.29) is 5.92 Å². The molecule has 0 aromatic carbocycles. The van der Waals surface area contributed by atoms with Gasteiger partial charge in [0.05, 0.1) is 5.92 Å². The van der Waals surface area contributed by atoms with Crippen molar-refractivity contribution in [2.24, 2.45) is 17.8 Å². The monoisotopic (exact) mass is 222 g/mol. The molecule has 0 aromatic rings. The second-order valence-electron chi connectivity index (χ2n) is 5.51. The van der Waals surface area contributed by atoms with E-state index in [9.17, 15) is 4.79 Å². The zero-order valence-electron chi connectivity index (χ0n) is 10.4. The number of nitrogens with zero attached hydrogens (tertiary/aromatic N) is 2. The Hall–Kier alpha value is -0.830. The molecule has 2 aliphatic rings. The number of carbonyl (C=O) groups excluding carboxylic acids is 1. The molecule has 0 spiro atoms. The van der Waals surface area contributed by atoms with E-state index in [0.29, 0.717) is 17.7 Å². The number of carbonyl (C=O) groups is 1. The van der Waals surface area contributed by atoms with Crippen molar-refractivity contribution in [3.63, 3.8) is 0 Å². The normalized spacial score (nSPS) is 30.2. The van der Waals surface area contributed by atoms with Gasteiger partial charge >= 0.3 is 0 Å². The van der Waals surface area contributed by atoms with Crippen LogP contribution in [0.4, 0.5) is 0 Å². The molecule has 2 atom stereocenters. The second kappa shape index (κ2) is 4.58. The van der Waals surface area contributed by atoms with E-state index in [1.54, 1.807) is 0 Å². The fourth-order valence-corrected chi connectivity index (χ4v) is 3.02. The Labute approximate surface area is 98.1 Å². The molecular formula is C13H22N2O. The van der Waals surface area contributed by atoms with Crippen molar-refractivity contribution in [3.05, 3.63) is 12.7 Å². The summed E-state index contributed by atoms with van der Waals surface area (Å²) in [5.74, 6) is 1.86. The summed E-state index contributed by atoms with van der Waals surface area (Å²) in [7, 11) is 0. The summed E-state index contributed by atoms with van der Waals surface area (Å²) in [5, 5.41) is 0. The van der Waals surface area contributed by atoms with Crippen LogP contribution in [0.15, 0.2) is 12.7 Å². The van der Waals surface area contributed by atoms with Gasteiger partial charge in [0.2, 0.25) is 5.91 Å². The van der Waals surface area contributed by atoms with Gasteiger partial charge in [-0.3, -0.25) is 4.79 Å². The molecule has 0 bridgehead atoms. The third kappa shape index (κ3) is 2.14. The molecule has 1 amide bonds. The molecule has 2 heterocycles. The van der Waals surface area contributed by atoms with E-state index in [4.69, 9.17) is 0 Å². The molecular weight excluding hydrogens is 200 g/mol. The fraction of sp³-hybridized carbons (Fsp3) is 0.769. The van der Waals surface area contributed by atoms with Crippen molar-refractivity contribution >= 4 is 5.91 Å². The van der Waals surface area contributed by atoms with E-state index >= 15 is 0 Å². The largest absolute Gasteiger partial charge is 0.338 e. The first-order valence-electron chi connectivity index (χ1n) is 6.24. The lowest BCUT2D eigenvalue weighted by Crippen LogP contribution is -2.34. The highest BCUT2D eigenvalue weighted by atomic mass is 16.2. The Morgan fingerprint density at radius 3 is 2.75 bits per heavy atom. The maximum absolute atomic E-state index is 12.1. The molecule has 2 saturated heterocycles. The van der Waals surface area contributed by atoms with Gasteiger partial charge < -0.3 is 9.80 Å². The first-order valence-corrected chi connectivity index (χ1v) is 6.24. The predicted octanol–water partition coefficient (Wildman–Crippen LogP) is 1.22. The van der Waals surface area contributed by atoms with Crippen LogP contribution in [0.25, 0.3) is 0 Å². The van der Waals surface area contributed by atoms with E-state index in [1.165, 1.54) is 0 Å². The maximum atomic E-state index is 12.1. The topological polar surface area (TPSA) is 23.6 Å². The summed E-state index contributed by atoms with van der Waals surface area (Å²) >= 11 is 0. The molecule has 0 saturated carbocycles. The van der Waals surface area contributed by atoms with Gasteiger partial charge in [0.1, 0.15) is 0 Å². The van der Waals surface area contributed by atoms with Gasteiger partial charge in [-0.15, -0.1) is 6.58 Å². The molecule has 0 N–H and O–H groups in total. The van der Waals surface area contributed by atoms with E-state index in [2.05, 4.69) is 25.3 Å². The lowest BCUT2D eigenvalue weighted by molar-refractivity contribution is -0.130. The van der Waals surface area contributed by atoms with Crippen molar-refractivity contribution in [1.82, 2.24) is 9.80 Å². The van der Waals surface area contributed by atoms with Gasteiger partial charge in [-0.25, -0.2) is 0 Å². The molecule has 90 valence electrons. The SMILES string of the molecule is C=CCN1C[C@H]2CN(CC(C)C)C[C@H]2C1=O. The summed E-state index contributed by atoms with van der Waals surface area (Å²) in [6, 6.07) is 0. The molecule has 0 radical (unpaired) electrons. The van der Waals surface area contributed by atoms with Crippen LogP contribution < -0.4 is 0 Å². The number of rotatable bonds is 4. The predicted molar refractivity (Wildman–Crippen MR) is 65.0 cm³/mol. The molecule has 3 nitrogen and oxygen atoms in total. The third-order valence-corrected chi connectivity index (χ3v) is 3.57. The van der Waals surface area contributed by atoms with Crippen LogP contribution in [0.1, 0.15) is 13.8 Å². The van der Waals surface area contributed by atoms with Crippen LogP contribution in [0.3, 0.4) is 0 Å². The quantitative estimate of drug-likeness (QED) is 0.668. The lowest BCUT2D eigenvalue weighted by Gasteiger charge is -2.21. The van der Waals surface area contributed by atoms with Crippen molar-refractivity contribution in [3.8, 4) is 0 Å². The average Bonchev–Trinajstić information content (AvgIpc) is 2.68. The Morgan fingerprint density at radius 1 is 1.44 bits per heavy atom. The van der Waals surface area contributed by atoms with E-state index in [1.807, 2.05) is 11.0 Å². The Morgan fingerprint density at radius 2 is 2.19 bits per heavy atom. The highest BCUT2D eigenvalue weighted by Crippen LogP contribution is 2.32. The molecule has 3 heteroatoms. The summed E-state index contributed by atoms with van der Waals surface area (Å²) in [6.45, 7) is 13.0. The van der Waals surface area contributed by atoms with Gasteiger partial charge in [-0.05, 0) is 5.92 Å². The first kappa shape index (κ1) is 11.6. The zero-order chi connectivity index (χ0) is 11.7. The molecule has 2 aliphatic heterocycles. The molecule has 0 aromatic heterocycles. The Balaban J connectivity index is 1.92. The number of amides is 1. The van der Waals surface area contributed by atoms with Gasteiger partial charge in [0.15, 0.2) is 0 Å². The molecule has 0 unspecified atom stereocenters. The van der Waals surface area contributed by atoms with Crippen LogP contribution in [-0.2, 0) is 4.79 Å². The van der Waals surface area contributed by atoms with Crippen LogP contribution in [0, 0.1) is 17.8 Å².